The van der Waals surface area contributed by atoms with Crippen LogP contribution in [-0.4, -0.2) is 27.6 Å². The molecule has 0 radical (unpaired) electrons. The second-order valence-corrected chi connectivity index (χ2v) is 5.48. The van der Waals surface area contributed by atoms with Gasteiger partial charge < -0.3 is 5.32 Å². The van der Waals surface area contributed by atoms with Gasteiger partial charge in [-0.3, -0.25) is 4.68 Å². The summed E-state index contributed by atoms with van der Waals surface area (Å²) in [4.78, 5) is 0. The van der Waals surface area contributed by atoms with Gasteiger partial charge in [-0.1, -0.05) is 19.1 Å². The molecule has 1 heterocycles. The predicted octanol–water partition coefficient (Wildman–Crippen LogP) is 2.08. The van der Waals surface area contributed by atoms with Crippen LogP contribution in [0.25, 0.3) is 0 Å². The monoisotopic (exact) mass is 236 g/mol. The molecule has 0 aliphatic heterocycles. The molecule has 0 amide bonds. The summed E-state index contributed by atoms with van der Waals surface area (Å²) in [7, 11) is 0. The van der Waals surface area contributed by atoms with Crippen LogP contribution >= 0.6 is 0 Å². The Morgan fingerprint density at radius 2 is 2.06 bits per heavy atom. The van der Waals surface area contributed by atoms with Crippen LogP contribution in [0.15, 0.2) is 12.4 Å². The highest BCUT2D eigenvalue weighted by Crippen LogP contribution is 2.29. The third-order valence-electron chi connectivity index (χ3n) is 3.96. The van der Waals surface area contributed by atoms with Crippen LogP contribution in [0.3, 0.4) is 0 Å². The molecule has 2 rings (SSSR count). The van der Waals surface area contributed by atoms with E-state index in [1.54, 1.807) is 6.20 Å². The largest absolute Gasteiger partial charge is 0.312 e. The molecule has 0 bridgehead atoms. The maximum atomic E-state index is 3.96. The van der Waals surface area contributed by atoms with Gasteiger partial charge in [0, 0.05) is 18.8 Å². The highest BCUT2D eigenvalue weighted by molar-refractivity contribution is 4.78. The second-order valence-electron chi connectivity index (χ2n) is 5.48. The van der Waals surface area contributed by atoms with Gasteiger partial charge in [0.05, 0.1) is 12.7 Å². The molecule has 1 aromatic heterocycles. The Balaban J connectivity index is 1.62. The predicted molar refractivity (Wildman–Crippen MR) is 68.6 cm³/mol. The van der Waals surface area contributed by atoms with Crippen LogP contribution in [0.4, 0.5) is 0 Å². The summed E-state index contributed by atoms with van der Waals surface area (Å²) < 4.78 is 1.88. The summed E-state index contributed by atoms with van der Waals surface area (Å²) in [6.07, 6.45) is 9.09. The molecule has 1 N–H and O–H groups in total. The van der Waals surface area contributed by atoms with E-state index in [1.165, 1.54) is 25.7 Å². The Morgan fingerprint density at radius 1 is 1.29 bits per heavy atom. The summed E-state index contributed by atoms with van der Waals surface area (Å²) in [5.41, 5.74) is 0. The highest BCUT2D eigenvalue weighted by Gasteiger charge is 2.22. The van der Waals surface area contributed by atoms with Gasteiger partial charge in [0.25, 0.3) is 0 Å². The van der Waals surface area contributed by atoms with Crippen molar-refractivity contribution < 1.29 is 0 Å². The van der Waals surface area contributed by atoms with Crippen molar-refractivity contribution in [2.75, 3.05) is 6.54 Å². The average Bonchev–Trinajstić information content (AvgIpc) is 2.83. The molecule has 0 atom stereocenters. The molecule has 1 aromatic rings. The van der Waals surface area contributed by atoms with Gasteiger partial charge in [-0.05, 0) is 37.5 Å². The Bertz CT molecular complexity index is 299. The SMILES string of the molecule is CC(C)C1CCC(NCCn2ccnn2)CC1. The minimum atomic E-state index is 0.716. The molecular weight excluding hydrogens is 212 g/mol. The Kier molecular flexibility index (Phi) is 4.54. The lowest BCUT2D eigenvalue weighted by molar-refractivity contribution is 0.237. The van der Waals surface area contributed by atoms with Gasteiger partial charge in [-0.2, -0.15) is 0 Å². The summed E-state index contributed by atoms with van der Waals surface area (Å²) >= 11 is 0. The van der Waals surface area contributed by atoms with E-state index in [0.29, 0.717) is 6.04 Å². The molecule has 1 aliphatic carbocycles. The lowest BCUT2D eigenvalue weighted by Gasteiger charge is -2.31. The first-order chi connectivity index (χ1) is 8.25. The van der Waals surface area contributed by atoms with Gasteiger partial charge >= 0.3 is 0 Å². The number of hydrogen-bond donors (Lipinski definition) is 1. The van der Waals surface area contributed by atoms with Crippen LogP contribution in [0.5, 0.6) is 0 Å². The number of rotatable bonds is 5. The van der Waals surface area contributed by atoms with Crippen LogP contribution in [-0.2, 0) is 6.54 Å². The molecule has 0 aromatic carbocycles. The molecule has 1 saturated carbocycles. The minimum absolute atomic E-state index is 0.716. The summed E-state index contributed by atoms with van der Waals surface area (Å²) in [5, 5.41) is 11.4. The van der Waals surface area contributed by atoms with Crippen molar-refractivity contribution in [3.63, 3.8) is 0 Å². The first kappa shape index (κ1) is 12.6. The van der Waals surface area contributed by atoms with E-state index in [0.717, 1.165) is 24.9 Å². The van der Waals surface area contributed by atoms with Crippen molar-refractivity contribution in [1.82, 2.24) is 20.3 Å². The standard InChI is InChI=1S/C13H24N4/c1-11(2)12-3-5-13(6-4-12)14-7-9-17-10-8-15-16-17/h8,10-14H,3-7,9H2,1-2H3. The first-order valence-corrected chi connectivity index (χ1v) is 6.83. The van der Waals surface area contributed by atoms with E-state index >= 15 is 0 Å². The van der Waals surface area contributed by atoms with E-state index in [1.807, 2.05) is 10.9 Å². The molecule has 0 saturated heterocycles. The average molecular weight is 236 g/mol. The first-order valence-electron chi connectivity index (χ1n) is 6.83. The smallest absolute Gasteiger partial charge is 0.0692 e. The second kappa shape index (κ2) is 6.15. The Hall–Kier alpha value is -0.900. The minimum Gasteiger partial charge on any atom is -0.312 e. The van der Waals surface area contributed by atoms with Crippen molar-refractivity contribution in [3.8, 4) is 0 Å². The highest BCUT2D eigenvalue weighted by atomic mass is 15.4. The zero-order valence-corrected chi connectivity index (χ0v) is 11.0. The van der Waals surface area contributed by atoms with Gasteiger partial charge in [0.1, 0.15) is 0 Å². The fourth-order valence-corrected chi connectivity index (χ4v) is 2.73. The van der Waals surface area contributed by atoms with E-state index in [2.05, 4.69) is 29.5 Å². The van der Waals surface area contributed by atoms with Crippen LogP contribution < -0.4 is 5.32 Å². The van der Waals surface area contributed by atoms with Gasteiger partial charge in [0.2, 0.25) is 0 Å². The number of aromatic nitrogens is 3. The zero-order chi connectivity index (χ0) is 12.1. The third kappa shape index (κ3) is 3.80. The number of nitrogens with one attached hydrogen (secondary N) is 1. The van der Waals surface area contributed by atoms with Crippen LogP contribution in [0, 0.1) is 11.8 Å². The molecule has 1 fully saturated rings. The summed E-state index contributed by atoms with van der Waals surface area (Å²) in [6.45, 7) is 6.62. The number of hydrogen-bond acceptors (Lipinski definition) is 3. The Morgan fingerprint density at radius 3 is 2.65 bits per heavy atom. The summed E-state index contributed by atoms with van der Waals surface area (Å²) in [6, 6.07) is 0.716. The van der Waals surface area contributed by atoms with Gasteiger partial charge in [-0.25, -0.2) is 0 Å². The molecular formula is C13H24N4. The van der Waals surface area contributed by atoms with Crippen molar-refractivity contribution in [1.29, 1.82) is 0 Å². The quantitative estimate of drug-likeness (QED) is 0.851. The van der Waals surface area contributed by atoms with Gasteiger partial charge in [-0.15, -0.1) is 5.10 Å². The fraction of sp³-hybridized carbons (Fsp3) is 0.846. The number of nitrogens with zero attached hydrogens (tertiary/aromatic N) is 3. The lowest BCUT2D eigenvalue weighted by Crippen LogP contribution is -2.36. The molecule has 17 heavy (non-hydrogen) atoms. The normalized spacial score (nSPS) is 25.4. The van der Waals surface area contributed by atoms with Crippen molar-refractivity contribution in [2.24, 2.45) is 11.8 Å². The van der Waals surface area contributed by atoms with Crippen molar-refractivity contribution in [3.05, 3.63) is 12.4 Å². The molecule has 0 spiro atoms. The van der Waals surface area contributed by atoms with Gasteiger partial charge in [0.15, 0.2) is 0 Å². The zero-order valence-electron chi connectivity index (χ0n) is 11.0. The molecule has 0 unspecified atom stereocenters. The molecule has 4 nitrogen and oxygen atoms in total. The van der Waals surface area contributed by atoms with E-state index in [-0.39, 0.29) is 0 Å². The molecule has 96 valence electrons. The van der Waals surface area contributed by atoms with E-state index < -0.39 is 0 Å². The maximum absolute atomic E-state index is 3.96. The van der Waals surface area contributed by atoms with E-state index in [9.17, 15) is 0 Å². The topological polar surface area (TPSA) is 42.7 Å². The lowest BCUT2D eigenvalue weighted by atomic mass is 9.80. The van der Waals surface area contributed by atoms with Crippen LogP contribution in [0.2, 0.25) is 0 Å². The van der Waals surface area contributed by atoms with Crippen LogP contribution in [0.1, 0.15) is 39.5 Å². The third-order valence-corrected chi connectivity index (χ3v) is 3.96. The fourth-order valence-electron chi connectivity index (χ4n) is 2.73. The van der Waals surface area contributed by atoms with Crippen molar-refractivity contribution in [2.45, 2.75) is 52.1 Å². The van der Waals surface area contributed by atoms with E-state index in [4.69, 9.17) is 0 Å². The summed E-state index contributed by atoms with van der Waals surface area (Å²) in [5.74, 6) is 1.80. The Labute approximate surface area is 104 Å². The molecule has 4 heteroatoms. The molecule has 1 aliphatic rings. The maximum Gasteiger partial charge on any atom is 0.0692 e. The van der Waals surface area contributed by atoms with Crippen molar-refractivity contribution >= 4 is 0 Å².